The summed E-state index contributed by atoms with van der Waals surface area (Å²) in [5.41, 5.74) is 2.34. The molecule has 5 heteroatoms. The summed E-state index contributed by atoms with van der Waals surface area (Å²) in [6, 6.07) is 8.15. The van der Waals surface area contributed by atoms with Crippen LogP contribution >= 0.6 is 18.2 Å². The first-order valence-corrected chi connectivity index (χ1v) is 8.82. The molecule has 0 saturated heterocycles. The Morgan fingerprint density at radius 1 is 1.12 bits per heavy atom. The summed E-state index contributed by atoms with van der Waals surface area (Å²) in [4.78, 5) is 0. The molecule has 17 heavy (non-hydrogen) atoms. The van der Waals surface area contributed by atoms with Gasteiger partial charge in [0, 0.05) is 5.75 Å². The van der Waals surface area contributed by atoms with Crippen LogP contribution in [0.3, 0.4) is 0 Å². The maximum Gasteiger partial charge on any atom is 0.389 e. The zero-order valence-corrected chi connectivity index (χ0v) is 12.2. The van der Waals surface area contributed by atoms with Crippen LogP contribution < -0.4 is 0 Å². The van der Waals surface area contributed by atoms with Crippen LogP contribution in [0.15, 0.2) is 24.3 Å². The molecule has 1 aromatic carbocycles. The summed E-state index contributed by atoms with van der Waals surface area (Å²) in [5, 5.41) is 0. The van der Waals surface area contributed by atoms with Crippen molar-refractivity contribution >= 4 is 18.2 Å². The number of hydrogen-bond acceptors (Lipinski definition) is 4. The largest absolute Gasteiger partial charge is 0.389 e. The maximum absolute atomic E-state index is 12.2. The zero-order valence-electron chi connectivity index (χ0n) is 10.5. The van der Waals surface area contributed by atoms with E-state index in [9.17, 15) is 4.57 Å². The highest BCUT2D eigenvalue weighted by Crippen LogP contribution is 2.61. The van der Waals surface area contributed by atoms with Gasteiger partial charge in [0.2, 0.25) is 0 Å². The molecule has 0 radical (unpaired) electrons. The third-order valence-electron chi connectivity index (χ3n) is 2.08. The van der Waals surface area contributed by atoms with Crippen molar-refractivity contribution in [2.45, 2.75) is 26.5 Å². The Hall–Kier alpha value is -0.280. The van der Waals surface area contributed by atoms with Crippen LogP contribution in [-0.2, 0) is 19.4 Å². The van der Waals surface area contributed by atoms with Crippen LogP contribution in [0, 0.1) is 6.92 Å². The Morgan fingerprint density at radius 2 is 1.65 bits per heavy atom. The van der Waals surface area contributed by atoms with E-state index in [-0.39, 0.29) is 0 Å². The predicted octanol–water partition coefficient (Wildman–Crippen LogP) is 4.41. The first-order chi connectivity index (χ1) is 8.09. The molecule has 0 bridgehead atoms. The average molecular weight is 274 g/mol. The molecular weight excluding hydrogens is 255 g/mol. The third kappa shape index (κ3) is 5.26. The number of hydrogen-bond donors (Lipinski definition) is 0. The minimum absolute atomic E-state index is 0.401. The lowest BCUT2D eigenvalue weighted by Crippen LogP contribution is -1.93. The van der Waals surface area contributed by atoms with Gasteiger partial charge in [-0.25, -0.2) is 4.57 Å². The maximum atomic E-state index is 12.2. The lowest BCUT2D eigenvalue weighted by Gasteiger charge is -2.15. The zero-order chi connectivity index (χ0) is 12.7. The van der Waals surface area contributed by atoms with Crippen LogP contribution in [-0.4, -0.2) is 13.2 Å². The SMILES string of the molecule is CCOP(=O)(OCC)SCc1ccc(C)cc1. The summed E-state index contributed by atoms with van der Waals surface area (Å²) in [7, 11) is 0. The van der Waals surface area contributed by atoms with Gasteiger partial charge in [-0.3, -0.25) is 0 Å². The molecule has 0 fully saturated rings. The highest BCUT2D eigenvalue weighted by Gasteiger charge is 2.24. The van der Waals surface area contributed by atoms with Gasteiger partial charge in [-0.05, 0) is 37.7 Å². The molecule has 0 atom stereocenters. The van der Waals surface area contributed by atoms with Gasteiger partial charge >= 0.3 is 6.80 Å². The van der Waals surface area contributed by atoms with E-state index < -0.39 is 6.80 Å². The van der Waals surface area contributed by atoms with Crippen molar-refractivity contribution in [1.29, 1.82) is 0 Å². The molecule has 0 aliphatic carbocycles. The molecule has 96 valence electrons. The van der Waals surface area contributed by atoms with E-state index in [1.807, 2.05) is 45.0 Å². The summed E-state index contributed by atoms with van der Waals surface area (Å²) in [6.07, 6.45) is 0. The van der Waals surface area contributed by atoms with E-state index in [4.69, 9.17) is 9.05 Å². The topological polar surface area (TPSA) is 35.5 Å². The number of aryl methyl sites for hydroxylation is 1. The van der Waals surface area contributed by atoms with Crippen molar-refractivity contribution in [2.75, 3.05) is 13.2 Å². The molecule has 0 spiro atoms. The molecule has 1 rings (SSSR count). The van der Waals surface area contributed by atoms with Gasteiger partial charge in [0.1, 0.15) is 0 Å². The van der Waals surface area contributed by atoms with Gasteiger partial charge in [0.05, 0.1) is 13.2 Å². The molecule has 0 aromatic heterocycles. The Balaban J connectivity index is 2.57. The van der Waals surface area contributed by atoms with Gasteiger partial charge in [-0.15, -0.1) is 0 Å². The minimum Gasteiger partial charge on any atom is -0.301 e. The van der Waals surface area contributed by atoms with Gasteiger partial charge in [0.25, 0.3) is 0 Å². The first-order valence-electron chi connectivity index (χ1n) is 5.69. The van der Waals surface area contributed by atoms with Crippen LogP contribution in [0.2, 0.25) is 0 Å². The van der Waals surface area contributed by atoms with Gasteiger partial charge in [-0.2, -0.15) is 0 Å². The lowest BCUT2D eigenvalue weighted by molar-refractivity contribution is 0.237. The molecular formula is C12H19O3PS. The van der Waals surface area contributed by atoms with Crippen molar-refractivity contribution in [1.82, 2.24) is 0 Å². The molecule has 1 aromatic rings. The minimum atomic E-state index is -2.98. The highest BCUT2D eigenvalue weighted by molar-refractivity contribution is 8.54. The standard InChI is InChI=1S/C12H19O3PS/c1-4-14-16(13,15-5-2)17-10-12-8-6-11(3)7-9-12/h6-9H,4-5,10H2,1-3H3. The Morgan fingerprint density at radius 3 is 2.12 bits per heavy atom. The Labute approximate surface area is 107 Å². The fourth-order valence-corrected chi connectivity index (χ4v) is 4.62. The van der Waals surface area contributed by atoms with Gasteiger partial charge < -0.3 is 9.05 Å². The Bertz CT molecular complexity index is 368. The van der Waals surface area contributed by atoms with Crippen molar-refractivity contribution in [2.24, 2.45) is 0 Å². The van der Waals surface area contributed by atoms with E-state index in [0.29, 0.717) is 19.0 Å². The van der Waals surface area contributed by atoms with Gasteiger partial charge in [0.15, 0.2) is 0 Å². The smallest absolute Gasteiger partial charge is 0.301 e. The van der Waals surface area contributed by atoms with Crippen LogP contribution in [0.1, 0.15) is 25.0 Å². The van der Waals surface area contributed by atoms with Crippen molar-refractivity contribution in [3.05, 3.63) is 35.4 Å². The second-order valence-corrected chi connectivity index (χ2v) is 7.62. The summed E-state index contributed by atoms with van der Waals surface area (Å²) in [5.74, 6) is 0.636. The average Bonchev–Trinajstić information content (AvgIpc) is 2.29. The summed E-state index contributed by atoms with van der Waals surface area (Å²) < 4.78 is 22.6. The third-order valence-corrected chi connectivity index (χ3v) is 5.98. The van der Waals surface area contributed by atoms with Gasteiger partial charge in [-0.1, -0.05) is 29.8 Å². The molecule has 0 aliphatic heterocycles. The second kappa shape index (κ2) is 7.22. The van der Waals surface area contributed by atoms with E-state index >= 15 is 0 Å². The monoisotopic (exact) mass is 274 g/mol. The Kier molecular flexibility index (Phi) is 6.28. The quantitative estimate of drug-likeness (QED) is 0.690. The first kappa shape index (κ1) is 14.8. The second-order valence-electron chi connectivity index (χ2n) is 3.54. The normalized spacial score (nSPS) is 11.7. The van der Waals surface area contributed by atoms with E-state index in [2.05, 4.69) is 0 Å². The number of rotatable bonds is 7. The molecule has 0 heterocycles. The highest BCUT2D eigenvalue weighted by atomic mass is 32.7. The predicted molar refractivity (Wildman–Crippen MR) is 73.3 cm³/mol. The van der Waals surface area contributed by atoms with Crippen LogP contribution in [0.4, 0.5) is 0 Å². The van der Waals surface area contributed by atoms with Crippen LogP contribution in [0.5, 0.6) is 0 Å². The van der Waals surface area contributed by atoms with E-state index in [1.54, 1.807) is 0 Å². The van der Waals surface area contributed by atoms with E-state index in [1.165, 1.54) is 16.9 Å². The molecule has 0 unspecified atom stereocenters. The summed E-state index contributed by atoms with van der Waals surface area (Å²) >= 11 is 1.24. The number of benzene rings is 1. The van der Waals surface area contributed by atoms with Crippen molar-refractivity contribution in [3.63, 3.8) is 0 Å². The molecule has 3 nitrogen and oxygen atoms in total. The fraction of sp³-hybridized carbons (Fsp3) is 0.500. The molecule has 0 saturated carbocycles. The molecule has 0 amide bonds. The molecule has 0 aliphatic rings. The van der Waals surface area contributed by atoms with Crippen molar-refractivity contribution < 1.29 is 13.6 Å². The van der Waals surface area contributed by atoms with E-state index in [0.717, 1.165) is 5.56 Å². The van der Waals surface area contributed by atoms with Crippen LogP contribution in [0.25, 0.3) is 0 Å². The fourth-order valence-electron chi connectivity index (χ4n) is 1.27. The summed E-state index contributed by atoms with van der Waals surface area (Å²) in [6.45, 7) is 3.50. The lowest BCUT2D eigenvalue weighted by atomic mass is 10.2. The molecule has 0 N–H and O–H groups in total. The van der Waals surface area contributed by atoms with Crippen molar-refractivity contribution in [3.8, 4) is 0 Å².